The Morgan fingerprint density at radius 2 is 2.29 bits per heavy atom. The number of hydrogen-bond donors (Lipinski definition) is 3. The Kier molecular flexibility index (Phi) is 4.28. The molecule has 1 aromatic carbocycles. The van der Waals surface area contributed by atoms with E-state index in [0.29, 0.717) is 12.2 Å². The number of urea groups is 1. The van der Waals surface area contributed by atoms with Crippen LogP contribution >= 0.6 is 12.6 Å². The molecule has 1 atom stereocenters. The van der Waals surface area contributed by atoms with E-state index in [1.54, 1.807) is 0 Å². The van der Waals surface area contributed by atoms with Crippen LogP contribution in [0.5, 0.6) is 0 Å². The molecule has 0 aliphatic carbocycles. The van der Waals surface area contributed by atoms with E-state index in [1.165, 1.54) is 0 Å². The van der Waals surface area contributed by atoms with Gasteiger partial charge in [0, 0.05) is 18.0 Å². The minimum absolute atomic E-state index is 0.159. The van der Waals surface area contributed by atoms with E-state index in [4.69, 9.17) is 4.74 Å². The first-order valence-electron chi connectivity index (χ1n) is 5.70. The van der Waals surface area contributed by atoms with Gasteiger partial charge < -0.3 is 15.4 Å². The predicted octanol–water partition coefficient (Wildman–Crippen LogP) is 2.28. The maximum Gasteiger partial charge on any atom is 0.319 e. The third-order valence-corrected chi connectivity index (χ3v) is 3.06. The van der Waals surface area contributed by atoms with Crippen LogP contribution in [0.4, 0.5) is 10.5 Å². The highest BCUT2D eigenvalue weighted by molar-refractivity contribution is 7.80. The zero-order valence-electron chi connectivity index (χ0n) is 9.48. The monoisotopic (exact) mass is 252 g/mol. The maximum absolute atomic E-state index is 11.6. The topological polar surface area (TPSA) is 50.4 Å². The number of hydrogen-bond acceptors (Lipinski definition) is 3. The molecular weight excluding hydrogens is 236 g/mol. The number of carbonyl (C=O) groups is 1. The van der Waals surface area contributed by atoms with Crippen LogP contribution in [0.2, 0.25) is 0 Å². The molecule has 0 saturated carbocycles. The number of carbonyl (C=O) groups excluding carboxylic acids is 1. The van der Waals surface area contributed by atoms with E-state index in [2.05, 4.69) is 23.3 Å². The standard InChI is InChI=1S/C12H16N2O2S/c15-12(13-8-9-4-3-7-16-9)14-10-5-1-2-6-11(10)17/h1-2,5-6,9,17H,3-4,7-8H2,(H2,13,14,15). The summed E-state index contributed by atoms with van der Waals surface area (Å²) in [7, 11) is 0. The molecule has 1 aliphatic heterocycles. The molecule has 1 aromatic rings. The lowest BCUT2D eigenvalue weighted by Crippen LogP contribution is -2.35. The van der Waals surface area contributed by atoms with Gasteiger partial charge in [-0.1, -0.05) is 12.1 Å². The van der Waals surface area contributed by atoms with Crippen LogP contribution in [0.15, 0.2) is 29.2 Å². The van der Waals surface area contributed by atoms with E-state index in [9.17, 15) is 4.79 Å². The molecule has 0 spiro atoms. The van der Waals surface area contributed by atoms with Crippen LogP contribution in [-0.2, 0) is 4.74 Å². The van der Waals surface area contributed by atoms with Gasteiger partial charge in [0.1, 0.15) is 0 Å². The lowest BCUT2D eigenvalue weighted by Gasteiger charge is -2.12. The number of para-hydroxylation sites is 1. The molecule has 0 bridgehead atoms. The molecular formula is C12H16N2O2S. The summed E-state index contributed by atoms with van der Waals surface area (Å²) in [5, 5.41) is 5.54. The van der Waals surface area contributed by atoms with Crippen LogP contribution in [0.3, 0.4) is 0 Å². The number of nitrogens with one attached hydrogen (secondary N) is 2. The van der Waals surface area contributed by atoms with Crippen LogP contribution < -0.4 is 10.6 Å². The summed E-state index contributed by atoms with van der Waals surface area (Å²) >= 11 is 4.26. The number of anilines is 1. The first-order chi connectivity index (χ1) is 8.25. The van der Waals surface area contributed by atoms with Gasteiger partial charge in [0.25, 0.3) is 0 Å². The first kappa shape index (κ1) is 12.3. The molecule has 17 heavy (non-hydrogen) atoms. The fraction of sp³-hybridized carbons (Fsp3) is 0.417. The molecule has 1 saturated heterocycles. The SMILES string of the molecule is O=C(NCC1CCCO1)Nc1ccccc1S. The summed E-state index contributed by atoms with van der Waals surface area (Å²) in [5.41, 5.74) is 0.709. The number of thiol groups is 1. The first-order valence-corrected chi connectivity index (χ1v) is 6.15. The minimum Gasteiger partial charge on any atom is -0.376 e. The molecule has 5 heteroatoms. The maximum atomic E-state index is 11.6. The zero-order valence-corrected chi connectivity index (χ0v) is 10.4. The van der Waals surface area contributed by atoms with Gasteiger partial charge in [0.2, 0.25) is 0 Å². The van der Waals surface area contributed by atoms with E-state index in [0.717, 1.165) is 24.3 Å². The highest BCUT2D eigenvalue weighted by Crippen LogP contribution is 2.18. The molecule has 1 aliphatic rings. The van der Waals surface area contributed by atoms with Crippen LogP contribution in [0.25, 0.3) is 0 Å². The fourth-order valence-electron chi connectivity index (χ4n) is 1.76. The smallest absolute Gasteiger partial charge is 0.319 e. The molecule has 2 rings (SSSR count). The van der Waals surface area contributed by atoms with Crippen molar-refractivity contribution in [2.75, 3.05) is 18.5 Å². The molecule has 1 fully saturated rings. The molecule has 92 valence electrons. The van der Waals surface area contributed by atoms with Crippen LogP contribution in [-0.4, -0.2) is 25.3 Å². The Morgan fingerprint density at radius 1 is 1.47 bits per heavy atom. The van der Waals surface area contributed by atoms with Gasteiger partial charge in [-0.2, -0.15) is 0 Å². The van der Waals surface area contributed by atoms with Gasteiger partial charge in [-0.3, -0.25) is 0 Å². The minimum atomic E-state index is -0.220. The molecule has 0 aromatic heterocycles. The van der Waals surface area contributed by atoms with Crippen LogP contribution in [0, 0.1) is 0 Å². The third-order valence-electron chi connectivity index (χ3n) is 2.67. The normalized spacial score (nSPS) is 19.0. The summed E-state index contributed by atoms with van der Waals surface area (Å²) < 4.78 is 5.42. The Hall–Kier alpha value is -1.20. The molecule has 1 heterocycles. The van der Waals surface area contributed by atoms with Gasteiger partial charge in [-0.05, 0) is 25.0 Å². The van der Waals surface area contributed by atoms with Gasteiger partial charge >= 0.3 is 6.03 Å². The predicted molar refractivity (Wildman–Crippen MR) is 69.7 cm³/mol. The van der Waals surface area contributed by atoms with E-state index in [1.807, 2.05) is 24.3 Å². The van der Waals surface area contributed by atoms with Crippen molar-refractivity contribution in [2.24, 2.45) is 0 Å². The summed E-state index contributed by atoms with van der Waals surface area (Å²) in [6, 6.07) is 7.15. The molecule has 0 radical (unpaired) electrons. The molecule has 4 nitrogen and oxygen atoms in total. The van der Waals surface area contributed by atoms with Gasteiger partial charge in [0.15, 0.2) is 0 Å². The average molecular weight is 252 g/mol. The lowest BCUT2D eigenvalue weighted by atomic mass is 10.2. The van der Waals surface area contributed by atoms with Gasteiger partial charge in [-0.15, -0.1) is 12.6 Å². The highest BCUT2D eigenvalue weighted by Gasteiger charge is 2.16. The van der Waals surface area contributed by atoms with Crippen molar-refractivity contribution in [3.63, 3.8) is 0 Å². The van der Waals surface area contributed by atoms with E-state index < -0.39 is 0 Å². The van der Waals surface area contributed by atoms with E-state index in [-0.39, 0.29) is 12.1 Å². The molecule has 2 N–H and O–H groups in total. The van der Waals surface area contributed by atoms with Crippen molar-refractivity contribution in [1.82, 2.24) is 5.32 Å². The van der Waals surface area contributed by atoms with Crippen molar-refractivity contribution in [1.29, 1.82) is 0 Å². The van der Waals surface area contributed by atoms with Gasteiger partial charge in [0.05, 0.1) is 11.8 Å². The summed E-state index contributed by atoms with van der Waals surface area (Å²) in [6.07, 6.45) is 2.25. The Bertz CT molecular complexity index is 392. The fourth-order valence-corrected chi connectivity index (χ4v) is 1.97. The third kappa shape index (κ3) is 3.64. The van der Waals surface area contributed by atoms with Crippen molar-refractivity contribution in [3.05, 3.63) is 24.3 Å². The second-order valence-corrected chi connectivity index (χ2v) is 4.47. The largest absolute Gasteiger partial charge is 0.376 e. The Balaban J connectivity index is 1.79. The Morgan fingerprint density at radius 3 is 3.00 bits per heavy atom. The lowest BCUT2D eigenvalue weighted by molar-refractivity contribution is 0.112. The molecule has 1 unspecified atom stereocenters. The summed E-state index contributed by atoms with van der Waals surface area (Å²) in [4.78, 5) is 12.4. The summed E-state index contributed by atoms with van der Waals surface area (Å²) in [5.74, 6) is 0. The van der Waals surface area contributed by atoms with Crippen molar-refractivity contribution in [2.45, 2.75) is 23.8 Å². The number of ether oxygens (including phenoxy) is 1. The second kappa shape index (κ2) is 5.93. The van der Waals surface area contributed by atoms with Crippen molar-refractivity contribution in [3.8, 4) is 0 Å². The zero-order chi connectivity index (χ0) is 12.1. The van der Waals surface area contributed by atoms with Gasteiger partial charge in [-0.25, -0.2) is 4.79 Å². The summed E-state index contributed by atoms with van der Waals surface area (Å²) in [6.45, 7) is 1.36. The van der Waals surface area contributed by atoms with Crippen molar-refractivity contribution >= 4 is 24.3 Å². The van der Waals surface area contributed by atoms with Crippen molar-refractivity contribution < 1.29 is 9.53 Å². The molecule has 2 amide bonds. The van der Waals surface area contributed by atoms with E-state index >= 15 is 0 Å². The average Bonchev–Trinajstić information content (AvgIpc) is 2.82. The number of rotatable bonds is 3. The second-order valence-electron chi connectivity index (χ2n) is 3.99. The number of amides is 2. The number of benzene rings is 1. The quantitative estimate of drug-likeness (QED) is 0.723. The Labute approximate surface area is 106 Å². The highest BCUT2D eigenvalue weighted by atomic mass is 32.1. The van der Waals surface area contributed by atoms with Crippen LogP contribution in [0.1, 0.15) is 12.8 Å².